The van der Waals surface area contributed by atoms with Crippen LogP contribution in [0.25, 0.3) is 0 Å². The highest BCUT2D eigenvalue weighted by Gasteiger charge is 2.14. The zero-order chi connectivity index (χ0) is 15.5. The van der Waals surface area contributed by atoms with Crippen molar-refractivity contribution in [1.82, 2.24) is 4.57 Å². The van der Waals surface area contributed by atoms with Gasteiger partial charge in [0, 0.05) is 25.2 Å². The summed E-state index contributed by atoms with van der Waals surface area (Å²) in [5.41, 5.74) is 1.11. The molecule has 1 heterocycles. The lowest BCUT2D eigenvalue weighted by atomic mass is 10.2. The number of sulfonamides is 1. The van der Waals surface area contributed by atoms with E-state index in [9.17, 15) is 13.2 Å². The monoisotopic (exact) mass is 326 g/mol. The van der Waals surface area contributed by atoms with Gasteiger partial charge in [-0.2, -0.15) is 0 Å². The van der Waals surface area contributed by atoms with Gasteiger partial charge in [0.2, 0.25) is 5.56 Å². The Morgan fingerprint density at radius 1 is 1.14 bits per heavy atom. The first-order valence-corrected chi connectivity index (χ1v) is 8.28. The average Bonchev–Trinajstić information content (AvgIpc) is 2.44. The lowest BCUT2D eigenvalue weighted by molar-refractivity contribution is 0.601. The summed E-state index contributed by atoms with van der Waals surface area (Å²) < 4.78 is 28.2. The van der Waals surface area contributed by atoms with Crippen LogP contribution in [0.5, 0.6) is 0 Å². The molecule has 21 heavy (non-hydrogen) atoms. The third-order valence-electron chi connectivity index (χ3n) is 2.95. The lowest BCUT2D eigenvalue weighted by Crippen LogP contribution is -2.18. The molecule has 0 bridgehead atoms. The van der Waals surface area contributed by atoms with E-state index in [2.05, 4.69) is 4.72 Å². The third kappa shape index (κ3) is 3.86. The van der Waals surface area contributed by atoms with Gasteiger partial charge in [0.25, 0.3) is 10.0 Å². The van der Waals surface area contributed by atoms with E-state index >= 15 is 0 Å². The predicted molar refractivity (Wildman–Crippen MR) is 83.4 cm³/mol. The number of nitrogens with one attached hydrogen (secondary N) is 1. The molecule has 0 spiro atoms. The van der Waals surface area contributed by atoms with E-state index in [0.717, 1.165) is 5.56 Å². The summed E-state index contributed by atoms with van der Waals surface area (Å²) in [6.07, 6.45) is 2.12. The molecule has 2 aromatic rings. The summed E-state index contributed by atoms with van der Waals surface area (Å²) in [6.45, 7) is 0. The Labute approximate surface area is 128 Å². The van der Waals surface area contributed by atoms with Crippen LogP contribution >= 0.6 is 11.6 Å². The van der Waals surface area contributed by atoms with E-state index in [0.29, 0.717) is 18.0 Å². The minimum absolute atomic E-state index is 0.162. The van der Waals surface area contributed by atoms with Crippen LogP contribution in [0.2, 0.25) is 0 Å². The number of aryl methyl sites for hydroxylation is 2. The van der Waals surface area contributed by atoms with E-state index in [1.54, 1.807) is 19.2 Å². The normalized spacial score (nSPS) is 11.3. The Hall–Kier alpha value is -1.79. The molecule has 0 fully saturated rings. The molecule has 0 radical (unpaired) electrons. The Morgan fingerprint density at radius 3 is 2.38 bits per heavy atom. The molecule has 1 aromatic heterocycles. The minimum Gasteiger partial charge on any atom is -0.316 e. The lowest BCUT2D eigenvalue weighted by Gasteiger charge is -2.09. The van der Waals surface area contributed by atoms with Crippen molar-refractivity contribution in [3.8, 4) is 0 Å². The van der Waals surface area contributed by atoms with Crippen molar-refractivity contribution in [2.75, 3.05) is 10.6 Å². The minimum atomic E-state index is -3.67. The topological polar surface area (TPSA) is 68.2 Å². The van der Waals surface area contributed by atoms with Crippen molar-refractivity contribution < 1.29 is 8.42 Å². The van der Waals surface area contributed by atoms with Crippen LogP contribution in [0.4, 0.5) is 5.69 Å². The molecule has 0 aliphatic heterocycles. The number of nitrogens with zero attached hydrogens (tertiary/aromatic N) is 1. The maximum atomic E-state index is 12.2. The van der Waals surface area contributed by atoms with Crippen molar-refractivity contribution in [1.29, 1.82) is 0 Å². The Balaban J connectivity index is 2.25. The number of alkyl halides is 1. The number of hydrogen-bond acceptors (Lipinski definition) is 3. The number of aromatic nitrogens is 1. The number of pyridine rings is 1. The second-order valence-electron chi connectivity index (χ2n) is 4.56. The number of rotatable bonds is 5. The standard InChI is InChI=1S/C14H15ClN2O3S/c1-17-10-12(4-7-14(17)18)16-21(19,20)13-5-2-11(3-6-13)8-9-15/h2-7,10,16H,8-9H2,1H3. The highest BCUT2D eigenvalue weighted by atomic mass is 35.5. The summed E-state index contributed by atoms with van der Waals surface area (Å²) in [7, 11) is -2.12. The van der Waals surface area contributed by atoms with E-state index < -0.39 is 10.0 Å². The summed E-state index contributed by atoms with van der Waals surface area (Å²) in [5.74, 6) is 0.488. The molecule has 112 valence electrons. The number of hydrogen-bond donors (Lipinski definition) is 1. The van der Waals surface area contributed by atoms with Crippen LogP contribution in [0.1, 0.15) is 5.56 Å². The van der Waals surface area contributed by atoms with Crippen LogP contribution in [-0.4, -0.2) is 18.9 Å². The quantitative estimate of drug-likeness (QED) is 0.854. The molecule has 0 atom stereocenters. The molecule has 2 rings (SSSR count). The fourth-order valence-electron chi connectivity index (χ4n) is 1.81. The van der Waals surface area contributed by atoms with Gasteiger partial charge in [0.15, 0.2) is 0 Å². The van der Waals surface area contributed by atoms with Crippen molar-refractivity contribution >= 4 is 27.3 Å². The fourth-order valence-corrected chi connectivity index (χ4v) is 3.07. The number of halogens is 1. The third-order valence-corrected chi connectivity index (χ3v) is 4.54. The van der Waals surface area contributed by atoms with Crippen molar-refractivity contribution in [3.05, 3.63) is 58.5 Å². The number of anilines is 1. The second-order valence-corrected chi connectivity index (χ2v) is 6.62. The molecule has 1 aromatic carbocycles. The number of benzene rings is 1. The van der Waals surface area contributed by atoms with Crippen LogP contribution in [-0.2, 0) is 23.5 Å². The first-order valence-electron chi connectivity index (χ1n) is 6.27. The van der Waals surface area contributed by atoms with Gasteiger partial charge in [-0.15, -0.1) is 11.6 Å². The predicted octanol–water partition coefficient (Wildman–Crippen LogP) is 1.97. The SMILES string of the molecule is Cn1cc(NS(=O)(=O)c2ccc(CCCl)cc2)ccc1=O. The van der Waals surface area contributed by atoms with Crippen molar-refractivity contribution in [3.63, 3.8) is 0 Å². The van der Waals surface area contributed by atoms with E-state index in [1.165, 1.54) is 35.0 Å². The molecular weight excluding hydrogens is 312 g/mol. The molecule has 7 heteroatoms. The molecule has 0 aliphatic carbocycles. The van der Waals surface area contributed by atoms with Gasteiger partial charge in [0.1, 0.15) is 0 Å². The van der Waals surface area contributed by atoms with Gasteiger partial charge >= 0.3 is 0 Å². The molecule has 0 unspecified atom stereocenters. The average molecular weight is 327 g/mol. The maximum absolute atomic E-state index is 12.2. The first kappa shape index (κ1) is 15.6. The molecular formula is C14H15ClN2O3S. The van der Waals surface area contributed by atoms with Crippen molar-refractivity contribution in [2.45, 2.75) is 11.3 Å². The molecule has 0 saturated carbocycles. The molecule has 0 amide bonds. The summed E-state index contributed by atoms with van der Waals surface area (Å²) in [5, 5.41) is 0. The smallest absolute Gasteiger partial charge is 0.261 e. The van der Waals surface area contributed by atoms with Gasteiger partial charge in [-0.3, -0.25) is 9.52 Å². The van der Waals surface area contributed by atoms with Crippen LogP contribution in [0.3, 0.4) is 0 Å². The van der Waals surface area contributed by atoms with Crippen LogP contribution in [0.15, 0.2) is 52.3 Å². The molecule has 0 aliphatic rings. The van der Waals surface area contributed by atoms with Crippen LogP contribution in [0, 0.1) is 0 Å². The zero-order valence-corrected chi connectivity index (χ0v) is 13.0. The molecule has 0 saturated heterocycles. The Kier molecular flexibility index (Phi) is 4.69. The van der Waals surface area contributed by atoms with Gasteiger partial charge in [-0.05, 0) is 30.2 Å². The van der Waals surface area contributed by atoms with Gasteiger partial charge in [-0.1, -0.05) is 12.1 Å². The Bertz CT molecular complexity index is 783. The van der Waals surface area contributed by atoms with Crippen molar-refractivity contribution in [2.24, 2.45) is 7.05 Å². The Morgan fingerprint density at radius 2 is 1.81 bits per heavy atom. The largest absolute Gasteiger partial charge is 0.316 e. The molecule has 5 nitrogen and oxygen atoms in total. The fraction of sp³-hybridized carbons (Fsp3) is 0.214. The van der Waals surface area contributed by atoms with E-state index in [-0.39, 0.29) is 10.5 Å². The van der Waals surface area contributed by atoms with E-state index in [4.69, 9.17) is 11.6 Å². The highest BCUT2D eigenvalue weighted by molar-refractivity contribution is 7.92. The van der Waals surface area contributed by atoms with Gasteiger partial charge in [-0.25, -0.2) is 8.42 Å². The molecule has 1 N–H and O–H groups in total. The first-order chi connectivity index (χ1) is 9.92. The van der Waals surface area contributed by atoms with Crippen LogP contribution < -0.4 is 10.3 Å². The van der Waals surface area contributed by atoms with E-state index in [1.807, 2.05) is 0 Å². The summed E-state index contributed by atoms with van der Waals surface area (Å²) >= 11 is 5.64. The summed E-state index contributed by atoms with van der Waals surface area (Å²) in [6, 6.07) is 9.27. The maximum Gasteiger partial charge on any atom is 0.261 e. The van der Waals surface area contributed by atoms with Gasteiger partial charge < -0.3 is 4.57 Å². The second kappa shape index (κ2) is 6.32. The highest BCUT2D eigenvalue weighted by Crippen LogP contribution is 2.16. The zero-order valence-electron chi connectivity index (χ0n) is 11.4. The summed E-state index contributed by atoms with van der Waals surface area (Å²) in [4.78, 5) is 11.4. The van der Waals surface area contributed by atoms with Gasteiger partial charge in [0.05, 0.1) is 10.6 Å².